The molecule has 0 bridgehead atoms. The number of alkyl halides is 6. The lowest BCUT2D eigenvalue weighted by Crippen LogP contribution is -2.36. The van der Waals surface area contributed by atoms with Crippen LogP contribution in [0, 0.1) is 29.4 Å². The van der Waals surface area contributed by atoms with Crippen molar-refractivity contribution in [3.05, 3.63) is 93.0 Å². The Kier molecular flexibility index (Phi) is 10.7. The second kappa shape index (κ2) is 15.1. The predicted octanol–water partition coefficient (Wildman–Crippen LogP) is 7.14. The van der Waals surface area contributed by atoms with E-state index in [1.54, 1.807) is 0 Å². The molecule has 1 amide bonds. The number of anilines is 1. The first kappa shape index (κ1) is 41.9. The van der Waals surface area contributed by atoms with Crippen LogP contribution >= 0.6 is 11.6 Å². The molecule has 21 heteroatoms. The van der Waals surface area contributed by atoms with Crippen LogP contribution < -0.4 is 10.0 Å². The molecule has 1 unspecified atom stereocenters. The number of nitrogens with one attached hydrogen (secondary N) is 2. The van der Waals surface area contributed by atoms with E-state index in [-0.39, 0.29) is 68.2 Å². The van der Waals surface area contributed by atoms with Gasteiger partial charge in [0.25, 0.3) is 18.8 Å². The zero-order valence-corrected chi connectivity index (χ0v) is 32.5. The minimum Gasteiger partial charge on any atom is -0.372 e. The molecule has 4 atom stereocenters. The van der Waals surface area contributed by atoms with Gasteiger partial charge in [0, 0.05) is 35.7 Å². The molecule has 59 heavy (non-hydrogen) atoms. The fourth-order valence-corrected chi connectivity index (χ4v) is 8.36. The van der Waals surface area contributed by atoms with Crippen LogP contribution in [0.4, 0.5) is 40.9 Å². The van der Waals surface area contributed by atoms with E-state index in [0.29, 0.717) is 10.7 Å². The van der Waals surface area contributed by atoms with Crippen LogP contribution in [0.25, 0.3) is 22.0 Å². The van der Waals surface area contributed by atoms with Crippen LogP contribution in [-0.4, -0.2) is 62.3 Å². The molecular formula is C38H32ClF8N7O4S. The van der Waals surface area contributed by atoms with Crippen LogP contribution in [0.3, 0.4) is 0 Å². The van der Waals surface area contributed by atoms with Gasteiger partial charge in [0.05, 0.1) is 33.9 Å². The lowest BCUT2D eigenvalue weighted by molar-refractivity contribution is -0.123. The Morgan fingerprint density at radius 3 is 2.34 bits per heavy atom. The van der Waals surface area contributed by atoms with Crippen LogP contribution in [-0.2, 0) is 40.8 Å². The van der Waals surface area contributed by atoms with Gasteiger partial charge in [-0.05, 0) is 73.9 Å². The van der Waals surface area contributed by atoms with Gasteiger partial charge in [-0.15, -0.1) is 0 Å². The molecule has 2 aliphatic rings. The lowest BCUT2D eigenvalue weighted by Gasteiger charge is -2.34. The number of carbonyl (C=O) groups excluding carboxylic acids is 1. The van der Waals surface area contributed by atoms with E-state index in [2.05, 4.69) is 31.1 Å². The highest BCUT2D eigenvalue weighted by atomic mass is 35.5. The molecule has 0 saturated heterocycles. The molecule has 3 heterocycles. The van der Waals surface area contributed by atoms with E-state index >= 15 is 8.78 Å². The number of aromatic nitrogens is 5. The summed E-state index contributed by atoms with van der Waals surface area (Å²) < 4.78 is 144. The van der Waals surface area contributed by atoms with Crippen LogP contribution in [0.5, 0.6) is 0 Å². The quantitative estimate of drug-likeness (QED) is 0.0947. The summed E-state index contributed by atoms with van der Waals surface area (Å²) in [5.74, 6) is -4.53. The van der Waals surface area contributed by atoms with E-state index in [1.165, 1.54) is 36.0 Å². The third kappa shape index (κ3) is 7.94. The molecule has 2 aromatic carbocycles. The van der Waals surface area contributed by atoms with Gasteiger partial charge < -0.3 is 10.4 Å². The van der Waals surface area contributed by atoms with Crippen LogP contribution in [0.2, 0.25) is 5.02 Å². The van der Waals surface area contributed by atoms with Crippen LogP contribution in [0.1, 0.15) is 72.1 Å². The third-order valence-corrected chi connectivity index (χ3v) is 11.2. The van der Waals surface area contributed by atoms with Crippen molar-refractivity contribution >= 4 is 44.3 Å². The minimum atomic E-state index is -3.89. The largest absolute Gasteiger partial charge is 0.372 e. The van der Waals surface area contributed by atoms with E-state index in [4.69, 9.17) is 11.6 Å². The molecule has 1 fully saturated rings. The first-order valence-corrected chi connectivity index (χ1v) is 20.0. The summed E-state index contributed by atoms with van der Waals surface area (Å²) >= 11 is 6.54. The van der Waals surface area contributed by atoms with Crippen molar-refractivity contribution in [2.75, 3.05) is 11.0 Å². The maximum Gasteiger partial charge on any atom is 0.293 e. The van der Waals surface area contributed by atoms with Gasteiger partial charge >= 0.3 is 0 Å². The molecule has 5 aromatic rings. The van der Waals surface area contributed by atoms with Crippen molar-refractivity contribution in [3.8, 4) is 23.0 Å². The molecule has 312 valence electrons. The number of fused-ring (bicyclic) bond motifs is 4. The second-order valence-electron chi connectivity index (χ2n) is 14.6. The first-order valence-electron chi connectivity index (χ1n) is 17.7. The fourth-order valence-electron chi connectivity index (χ4n) is 7.62. The molecule has 1 saturated carbocycles. The molecule has 0 aliphatic heterocycles. The average Bonchev–Trinajstić information content (AvgIpc) is 3.67. The zero-order chi connectivity index (χ0) is 42.9. The number of hydrogen-bond donors (Lipinski definition) is 3. The number of sulfonamides is 1. The number of amides is 1. The number of benzene rings is 2. The van der Waals surface area contributed by atoms with Crippen molar-refractivity contribution in [2.45, 2.75) is 69.1 Å². The first-order chi connectivity index (χ1) is 27.6. The molecule has 0 radical (unpaired) electrons. The van der Waals surface area contributed by atoms with Gasteiger partial charge in [0.2, 0.25) is 15.9 Å². The minimum absolute atomic E-state index is 0.0504. The van der Waals surface area contributed by atoms with E-state index in [0.717, 1.165) is 25.3 Å². The zero-order valence-electron chi connectivity index (χ0n) is 31.0. The van der Waals surface area contributed by atoms with E-state index in [9.17, 15) is 44.7 Å². The van der Waals surface area contributed by atoms with Gasteiger partial charge in [0.1, 0.15) is 35.3 Å². The summed E-state index contributed by atoms with van der Waals surface area (Å²) in [6, 6.07) is 6.55. The molecule has 11 nitrogen and oxygen atoms in total. The average molecular weight is 870 g/mol. The number of aliphatic hydroxyl groups is 1. The Morgan fingerprint density at radius 1 is 1.05 bits per heavy atom. The monoisotopic (exact) mass is 869 g/mol. The number of aryl methyl sites for hydroxylation is 1. The van der Waals surface area contributed by atoms with E-state index in [1.807, 2.05) is 5.92 Å². The van der Waals surface area contributed by atoms with Crippen molar-refractivity contribution in [1.82, 2.24) is 29.9 Å². The van der Waals surface area contributed by atoms with Crippen molar-refractivity contribution < 1.29 is 53.4 Å². The Balaban J connectivity index is 1.40. The van der Waals surface area contributed by atoms with Gasteiger partial charge in [-0.2, -0.15) is 19.0 Å². The smallest absolute Gasteiger partial charge is 0.293 e. The lowest BCUT2D eigenvalue weighted by atomic mass is 9.73. The van der Waals surface area contributed by atoms with Gasteiger partial charge in [-0.25, -0.2) is 39.7 Å². The Hall–Kier alpha value is -5.26. The maximum atomic E-state index is 15.6. The molecule has 7 rings (SSSR count). The predicted molar refractivity (Wildman–Crippen MR) is 198 cm³/mol. The van der Waals surface area contributed by atoms with Crippen LogP contribution in [0.15, 0.2) is 42.5 Å². The Bertz CT molecular complexity index is 2670. The van der Waals surface area contributed by atoms with E-state index < -0.39 is 94.2 Å². The molecule has 3 aromatic heterocycles. The SMILES string of the molecule is Cn1nc(NS(C)(=O)=O)c2c(Cl)ccc(-c3ccc(C#CC(C)(O)C(F)F)nc3[C@H](Cc3cc(F)cc(F)c3)NC(=O)Cn3nc(C(F)F)c4c3C(F)(F)[C@@H]3CC[C@H]43)c21. The summed E-state index contributed by atoms with van der Waals surface area (Å²) in [7, 11) is -2.43. The van der Waals surface area contributed by atoms with Gasteiger partial charge in [0.15, 0.2) is 11.4 Å². The van der Waals surface area contributed by atoms with Crippen molar-refractivity contribution in [3.63, 3.8) is 0 Å². The number of pyridine rings is 1. The van der Waals surface area contributed by atoms with Gasteiger partial charge in [-0.1, -0.05) is 23.6 Å². The Morgan fingerprint density at radius 2 is 1.73 bits per heavy atom. The third-order valence-electron chi connectivity index (χ3n) is 10.3. The number of carbonyl (C=O) groups is 1. The maximum absolute atomic E-state index is 15.6. The highest BCUT2D eigenvalue weighted by Gasteiger charge is 2.62. The highest BCUT2D eigenvalue weighted by Crippen LogP contribution is 2.63. The molecular weight excluding hydrogens is 838 g/mol. The molecule has 3 N–H and O–H groups in total. The number of halogens is 9. The summed E-state index contributed by atoms with van der Waals surface area (Å²) in [5.41, 5.74) is -4.67. The Labute approximate surface area is 335 Å². The normalized spacial score (nSPS) is 18.5. The number of nitrogens with zero attached hydrogens (tertiary/aromatic N) is 5. The standard InChI is InChI=1S/C38H32ClF8N7O4S/c1-37(56,36(44)45)11-10-20-4-5-21(22-7-9-25(39)29-32(22)53(2)51-35(29)52-59(3,57)58)30(48-20)26(14-17-12-18(40)15-19(41)13-17)49-27(55)16-54-33-28(31(50-54)34(42)43)23-6-8-24(23)38(33,46)47/h4-5,7,9,12-13,15,23-24,26,34,36,56H,6,8,14,16H2,1-3H3,(H,49,55)(H,51,52)/t23-,24+,26-,37?/m0/s1. The molecule has 0 spiro atoms. The topological polar surface area (TPSA) is 144 Å². The highest BCUT2D eigenvalue weighted by molar-refractivity contribution is 7.92. The van der Waals surface area contributed by atoms with Crippen molar-refractivity contribution in [1.29, 1.82) is 0 Å². The summed E-state index contributed by atoms with van der Waals surface area (Å²) in [5, 5.41) is 20.9. The summed E-state index contributed by atoms with van der Waals surface area (Å²) in [6.45, 7) is -0.242. The van der Waals surface area contributed by atoms with Crippen molar-refractivity contribution in [2.24, 2.45) is 13.0 Å². The summed E-state index contributed by atoms with van der Waals surface area (Å²) in [4.78, 5) is 18.5. The molecule has 2 aliphatic carbocycles. The fraction of sp³-hybridized carbons (Fsp3) is 0.368. The summed E-state index contributed by atoms with van der Waals surface area (Å²) in [6.07, 6.45) is -5.79. The number of hydrogen-bond acceptors (Lipinski definition) is 7. The second-order valence-corrected chi connectivity index (χ2v) is 16.8. The number of rotatable bonds is 11. The van der Waals surface area contributed by atoms with Gasteiger partial charge in [-0.3, -0.25) is 18.9 Å².